The van der Waals surface area contributed by atoms with Gasteiger partial charge in [0.15, 0.2) is 5.65 Å². The standard InChI is InChI=1S/C29H23Cl2N5O2/c30-23-12-11-20(15-24(23)31)28(37)34-14-13-22-26(18-34)36-27(35(29(22)38)21-9-5-2-6-10-21)25(17-33-36)32-16-19-7-3-1-4-8-19/h1-12,15,17,32H,13-14,16,18H2. The van der Waals surface area contributed by atoms with Crippen LogP contribution in [0.15, 0.2) is 89.9 Å². The highest BCUT2D eigenvalue weighted by molar-refractivity contribution is 6.42. The monoisotopic (exact) mass is 543 g/mol. The molecule has 7 nitrogen and oxygen atoms in total. The Bertz CT molecular complexity index is 1710. The van der Waals surface area contributed by atoms with Crippen LogP contribution in [0.1, 0.15) is 27.2 Å². The molecule has 5 aromatic rings. The van der Waals surface area contributed by atoms with Gasteiger partial charge >= 0.3 is 0 Å². The molecule has 190 valence electrons. The highest BCUT2D eigenvalue weighted by Gasteiger charge is 2.29. The molecule has 1 aliphatic heterocycles. The van der Waals surface area contributed by atoms with Crippen molar-refractivity contribution in [2.24, 2.45) is 0 Å². The van der Waals surface area contributed by atoms with Gasteiger partial charge < -0.3 is 10.2 Å². The Kier molecular flexibility index (Phi) is 6.39. The van der Waals surface area contributed by atoms with Gasteiger partial charge in [0.05, 0.1) is 39.9 Å². The van der Waals surface area contributed by atoms with Gasteiger partial charge in [0, 0.05) is 24.2 Å². The maximum Gasteiger partial charge on any atom is 0.261 e. The van der Waals surface area contributed by atoms with Crippen molar-refractivity contribution < 1.29 is 4.79 Å². The number of aromatic nitrogens is 3. The average molecular weight is 544 g/mol. The van der Waals surface area contributed by atoms with Crippen molar-refractivity contribution in [3.05, 3.63) is 128 Å². The lowest BCUT2D eigenvalue weighted by Crippen LogP contribution is -2.41. The van der Waals surface area contributed by atoms with E-state index >= 15 is 0 Å². The van der Waals surface area contributed by atoms with E-state index in [4.69, 9.17) is 23.2 Å². The summed E-state index contributed by atoms with van der Waals surface area (Å²) in [7, 11) is 0. The molecule has 1 aliphatic rings. The van der Waals surface area contributed by atoms with E-state index in [9.17, 15) is 9.59 Å². The van der Waals surface area contributed by atoms with Crippen molar-refractivity contribution in [3.8, 4) is 5.69 Å². The Labute approximate surface area is 228 Å². The number of rotatable bonds is 5. The molecule has 0 unspecified atom stereocenters. The highest BCUT2D eigenvalue weighted by atomic mass is 35.5. The van der Waals surface area contributed by atoms with E-state index in [1.165, 1.54) is 0 Å². The fourth-order valence-electron chi connectivity index (χ4n) is 4.88. The minimum absolute atomic E-state index is 0.108. The van der Waals surface area contributed by atoms with Crippen LogP contribution in [0.3, 0.4) is 0 Å². The topological polar surface area (TPSA) is 71.6 Å². The van der Waals surface area contributed by atoms with Gasteiger partial charge in [-0.3, -0.25) is 14.2 Å². The SMILES string of the molecule is O=C(c1ccc(Cl)c(Cl)c1)N1CCc2c(n3ncc(NCc4ccccc4)c3n(-c3ccccc3)c2=O)C1. The summed E-state index contributed by atoms with van der Waals surface area (Å²) in [5, 5.41) is 8.84. The molecule has 1 amide bonds. The molecular formula is C29H23Cl2N5O2. The van der Waals surface area contributed by atoms with E-state index in [1.807, 2.05) is 60.7 Å². The number of fused-ring (bicyclic) bond motifs is 3. The Morgan fingerprint density at radius 1 is 0.947 bits per heavy atom. The molecule has 6 rings (SSSR count). The van der Waals surface area contributed by atoms with Crippen LogP contribution in [0.25, 0.3) is 11.3 Å². The van der Waals surface area contributed by atoms with Gasteiger partial charge in [-0.15, -0.1) is 0 Å². The fraction of sp³-hybridized carbons (Fsp3) is 0.138. The summed E-state index contributed by atoms with van der Waals surface area (Å²) < 4.78 is 3.49. The highest BCUT2D eigenvalue weighted by Crippen LogP contribution is 2.28. The molecule has 3 heterocycles. The van der Waals surface area contributed by atoms with Gasteiger partial charge in [0.25, 0.3) is 11.5 Å². The third-order valence-corrected chi connectivity index (χ3v) is 7.53. The number of carbonyl (C=O) groups is 1. The van der Waals surface area contributed by atoms with E-state index in [2.05, 4.69) is 10.4 Å². The van der Waals surface area contributed by atoms with E-state index in [0.717, 1.165) is 16.9 Å². The fourth-order valence-corrected chi connectivity index (χ4v) is 5.17. The smallest absolute Gasteiger partial charge is 0.261 e. The zero-order valence-electron chi connectivity index (χ0n) is 20.3. The van der Waals surface area contributed by atoms with Crippen LogP contribution < -0.4 is 10.9 Å². The largest absolute Gasteiger partial charge is 0.377 e. The summed E-state index contributed by atoms with van der Waals surface area (Å²) in [4.78, 5) is 29.0. The Hall–Kier alpha value is -4.07. The summed E-state index contributed by atoms with van der Waals surface area (Å²) in [5.41, 5.74) is 4.90. The predicted octanol–water partition coefficient (Wildman–Crippen LogP) is 5.60. The zero-order valence-corrected chi connectivity index (χ0v) is 21.8. The number of hydrogen-bond acceptors (Lipinski definition) is 4. The number of benzene rings is 3. The van der Waals surface area contributed by atoms with Gasteiger partial charge in [0.2, 0.25) is 0 Å². The molecule has 1 N–H and O–H groups in total. The number of amides is 1. The number of carbonyl (C=O) groups excluding carboxylic acids is 1. The van der Waals surface area contributed by atoms with Gasteiger partial charge in [-0.2, -0.15) is 5.10 Å². The van der Waals surface area contributed by atoms with E-state index in [-0.39, 0.29) is 18.0 Å². The lowest BCUT2D eigenvalue weighted by atomic mass is 10.0. The van der Waals surface area contributed by atoms with Crippen molar-refractivity contribution in [2.45, 2.75) is 19.5 Å². The molecule has 0 atom stereocenters. The molecule has 0 spiro atoms. The van der Waals surface area contributed by atoms with Gasteiger partial charge in [-0.25, -0.2) is 4.52 Å². The maximum absolute atomic E-state index is 13.9. The summed E-state index contributed by atoms with van der Waals surface area (Å²) >= 11 is 12.2. The second-order valence-corrected chi connectivity index (χ2v) is 9.95. The Balaban J connectivity index is 1.44. The molecule has 38 heavy (non-hydrogen) atoms. The first-order chi connectivity index (χ1) is 18.5. The minimum Gasteiger partial charge on any atom is -0.377 e. The first-order valence-electron chi connectivity index (χ1n) is 12.2. The third kappa shape index (κ3) is 4.34. The molecule has 0 bridgehead atoms. The number of nitrogens with one attached hydrogen (secondary N) is 1. The van der Waals surface area contributed by atoms with Crippen LogP contribution in [0.5, 0.6) is 0 Å². The van der Waals surface area contributed by atoms with Crippen LogP contribution in [0.2, 0.25) is 10.0 Å². The van der Waals surface area contributed by atoms with E-state index in [1.54, 1.807) is 38.4 Å². The van der Waals surface area contributed by atoms with E-state index in [0.29, 0.717) is 52.0 Å². The molecule has 0 aliphatic carbocycles. The molecule has 0 fully saturated rings. The molecule has 0 saturated heterocycles. The summed E-state index contributed by atoms with van der Waals surface area (Å²) in [6.07, 6.45) is 2.15. The molecule has 0 saturated carbocycles. The number of halogens is 2. The summed E-state index contributed by atoms with van der Waals surface area (Å²) in [6.45, 7) is 1.22. The van der Waals surface area contributed by atoms with Crippen LogP contribution in [0.4, 0.5) is 5.69 Å². The predicted molar refractivity (Wildman–Crippen MR) is 149 cm³/mol. The van der Waals surface area contributed by atoms with Crippen molar-refractivity contribution in [3.63, 3.8) is 0 Å². The van der Waals surface area contributed by atoms with Crippen molar-refractivity contribution in [1.29, 1.82) is 0 Å². The normalized spacial score (nSPS) is 12.9. The van der Waals surface area contributed by atoms with Gasteiger partial charge in [0.1, 0.15) is 0 Å². The number of hydrogen-bond donors (Lipinski definition) is 1. The van der Waals surface area contributed by atoms with Crippen LogP contribution in [-0.4, -0.2) is 31.5 Å². The van der Waals surface area contributed by atoms with Crippen LogP contribution in [0, 0.1) is 0 Å². The lowest BCUT2D eigenvalue weighted by molar-refractivity contribution is 0.0730. The van der Waals surface area contributed by atoms with Crippen molar-refractivity contribution >= 4 is 40.4 Å². The average Bonchev–Trinajstić information content (AvgIpc) is 3.38. The quantitative estimate of drug-likeness (QED) is 0.313. The second kappa shape index (κ2) is 10.0. The van der Waals surface area contributed by atoms with E-state index < -0.39 is 0 Å². The molecule has 0 radical (unpaired) electrons. The molecule has 2 aromatic heterocycles. The first-order valence-corrected chi connectivity index (χ1v) is 13.0. The summed E-state index contributed by atoms with van der Waals surface area (Å²) in [5.74, 6) is -0.177. The number of para-hydroxylation sites is 1. The molecular weight excluding hydrogens is 521 g/mol. The number of nitrogens with zero attached hydrogens (tertiary/aromatic N) is 4. The van der Waals surface area contributed by atoms with Crippen molar-refractivity contribution in [1.82, 2.24) is 19.1 Å². The lowest BCUT2D eigenvalue weighted by Gasteiger charge is -2.29. The zero-order chi connectivity index (χ0) is 26.2. The summed E-state index contributed by atoms with van der Waals surface area (Å²) in [6, 6.07) is 24.4. The maximum atomic E-state index is 13.9. The van der Waals surface area contributed by atoms with Crippen LogP contribution in [-0.2, 0) is 19.5 Å². The number of anilines is 1. The molecule has 3 aromatic carbocycles. The van der Waals surface area contributed by atoms with Crippen LogP contribution >= 0.6 is 23.2 Å². The first kappa shape index (κ1) is 24.3. The van der Waals surface area contributed by atoms with Crippen molar-refractivity contribution in [2.75, 3.05) is 11.9 Å². The Morgan fingerprint density at radius 3 is 2.42 bits per heavy atom. The second-order valence-electron chi connectivity index (χ2n) is 9.14. The van der Waals surface area contributed by atoms with Gasteiger partial charge in [-0.05, 0) is 42.3 Å². The molecule has 9 heteroatoms. The minimum atomic E-state index is -0.177. The Morgan fingerprint density at radius 2 is 1.68 bits per heavy atom. The van der Waals surface area contributed by atoms with Gasteiger partial charge in [-0.1, -0.05) is 71.7 Å². The third-order valence-electron chi connectivity index (χ3n) is 6.79.